The van der Waals surface area contributed by atoms with Crippen molar-refractivity contribution < 1.29 is 4.79 Å². The molecule has 4 saturated carbocycles. The Kier molecular flexibility index (Phi) is 4.30. The molecule has 1 aromatic rings. The Balaban J connectivity index is 1.36. The molecule has 0 aliphatic heterocycles. The molecule has 4 aliphatic carbocycles. The molecule has 0 aromatic heterocycles. The summed E-state index contributed by atoms with van der Waals surface area (Å²) in [4.78, 5) is 12.3. The molecule has 4 nitrogen and oxygen atoms in total. The SMILES string of the molecule is Cc1cc(C)c(NCC(=O)NN=C2C3CC4CC(C3)CC2C4)c(C)c1. The highest BCUT2D eigenvalue weighted by atomic mass is 16.2. The van der Waals surface area contributed by atoms with Crippen molar-refractivity contribution in [3.05, 3.63) is 28.8 Å². The number of hydrogen-bond donors (Lipinski definition) is 2. The van der Waals surface area contributed by atoms with Crippen LogP contribution < -0.4 is 10.7 Å². The summed E-state index contributed by atoms with van der Waals surface area (Å²) < 4.78 is 0. The Labute approximate surface area is 150 Å². The Morgan fingerprint density at radius 3 is 2.12 bits per heavy atom. The van der Waals surface area contributed by atoms with Gasteiger partial charge in [-0.25, -0.2) is 5.43 Å². The van der Waals surface area contributed by atoms with Crippen molar-refractivity contribution in [1.82, 2.24) is 5.43 Å². The molecule has 0 atom stereocenters. The van der Waals surface area contributed by atoms with Gasteiger partial charge in [-0.2, -0.15) is 5.10 Å². The Morgan fingerprint density at radius 2 is 1.56 bits per heavy atom. The predicted octanol–water partition coefficient (Wildman–Crippen LogP) is 3.95. The van der Waals surface area contributed by atoms with Crippen molar-refractivity contribution in [2.75, 3.05) is 11.9 Å². The minimum atomic E-state index is -0.0549. The fourth-order valence-corrected chi connectivity index (χ4v) is 5.64. The predicted molar refractivity (Wildman–Crippen MR) is 102 cm³/mol. The average molecular weight is 339 g/mol. The molecule has 4 fully saturated rings. The maximum Gasteiger partial charge on any atom is 0.259 e. The second-order valence-corrected chi connectivity index (χ2v) is 8.50. The lowest BCUT2D eigenvalue weighted by Gasteiger charge is -2.50. The standard InChI is InChI=1S/C21H29N3O/c1-12-4-13(2)20(14(3)5-12)22-11-19(25)23-24-21-17-7-15-6-16(9-17)10-18(21)8-15/h4-5,15-18,22H,6-11H2,1-3H3,(H,23,25). The first-order valence-electron chi connectivity index (χ1n) is 9.67. The average Bonchev–Trinajstić information content (AvgIpc) is 2.52. The molecule has 5 rings (SSSR count). The van der Waals surface area contributed by atoms with E-state index in [0.29, 0.717) is 11.8 Å². The number of hydrazone groups is 1. The van der Waals surface area contributed by atoms with E-state index in [9.17, 15) is 4.79 Å². The summed E-state index contributed by atoms with van der Waals surface area (Å²) in [7, 11) is 0. The normalized spacial score (nSPS) is 29.6. The van der Waals surface area contributed by atoms with Gasteiger partial charge in [-0.15, -0.1) is 0 Å². The number of rotatable bonds is 4. The number of carbonyl (C=O) groups is 1. The van der Waals surface area contributed by atoms with Crippen LogP contribution in [0.25, 0.3) is 0 Å². The highest BCUT2D eigenvalue weighted by Crippen LogP contribution is 2.52. The van der Waals surface area contributed by atoms with Crippen molar-refractivity contribution in [2.45, 2.75) is 52.9 Å². The van der Waals surface area contributed by atoms with Gasteiger partial charge in [0.15, 0.2) is 0 Å². The number of hydrogen-bond acceptors (Lipinski definition) is 3. The van der Waals surface area contributed by atoms with Crippen molar-refractivity contribution in [2.24, 2.45) is 28.8 Å². The third kappa shape index (κ3) is 3.31. The number of aryl methyl sites for hydroxylation is 3. The Hall–Kier alpha value is -1.84. The summed E-state index contributed by atoms with van der Waals surface area (Å²) in [5, 5.41) is 7.85. The molecule has 4 aliphatic rings. The van der Waals surface area contributed by atoms with Crippen LogP contribution in [0.2, 0.25) is 0 Å². The van der Waals surface area contributed by atoms with Crippen molar-refractivity contribution in [1.29, 1.82) is 0 Å². The van der Waals surface area contributed by atoms with Crippen LogP contribution in [0.5, 0.6) is 0 Å². The number of nitrogens with one attached hydrogen (secondary N) is 2. The van der Waals surface area contributed by atoms with Crippen LogP contribution >= 0.6 is 0 Å². The van der Waals surface area contributed by atoms with Gasteiger partial charge in [-0.3, -0.25) is 4.79 Å². The third-order valence-corrected chi connectivity index (χ3v) is 6.39. The highest BCUT2D eigenvalue weighted by molar-refractivity contribution is 5.92. The van der Waals surface area contributed by atoms with Crippen LogP contribution in [0.4, 0.5) is 5.69 Å². The molecule has 4 heteroatoms. The topological polar surface area (TPSA) is 53.5 Å². The van der Waals surface area contributed by atoms with Gasteiger partial charge in [0, 0.05) is 11.4 Å². The first kappa shape index (κ1) is 16.6. The summed E-state index contributed by atoms with van der Waals surface area (Å²) in [5.41, 5.74) is 8.76. The van der Waals surface area contributed by atoms with Crippen LogP contribution in [-0.2, 0) is 4.79 Å². The van der Waals surface area contributed by atoms with Crippen LogP contribution in [0.3, 0.4) is 0 Å². The first-order chi connectivity index (χ1) is 12.0. The number of carbonyl (C=O) groups excluding carboxylic acids is 1. The highest BCUT2D eigenvalue weighted by Gasteiger charge is 2.46. The molecule has 0 unspecified atom stereocenters. The molecule has 0 radical (unpaired) electrons. The third-order valence-electron chi connectivity index (χ3n) is 6.39. The largest absolute Gasteiger partial charge is 0.376 e. The van der Waals surface area contributed by atoms with Crippen LogP contribution in [0.1, 0.15) is 48.8 Å². The molecule has 0 spiro atoms. The zero-order valence-electron chi connectivity index (χ0n) is 15.6. The lowest BCUT2D eigenvalue weighted by Crippen LogP contribution is -2.46. The summed E-state index contributed by atoms with van der Waals surface area (Å²) in [6.45, 7) is 6.52. The van der Waals surface area contributed by atoms with Crippen molar-refractivity contribution in [3.8, 4) is 0 Å². The van der Waals surface area contributed by atoms with E-state index in [2.05, 4.69) is 48.7 Å². The van der Waals surface area contributed by atoms with E-state index in [1.165, 1.54) is 54.5 Å². The fraction of sp³-hybridized carbons (Fsp3) is 0.619. The molecular weight excluding hydrogens is 310 g/mol. The molecule has 2 N–H and O–H groups in total. The van der Waals surface area contributed by atoms with Gasteiger partial charge in [0.05, 0.1) is 6.54 Å². The molecule has 0 saturated heterocycles. The molecule has 25 heavy (non-hydrogen) atoms. The van der Waals surface area contributed by atoms with Gasteiger partial charge in [-0.1, -0.05) is 17.7 Å². The number of amides is 1. The first-order valence-corrected chi connectivity index (χ1v) is 9.67. The van der Waals surface area contributed by atoms with E-state index in [-0.39, 0.29) is 12.5 Å². The summed E-state index contributed by atoms with van der Waals surface area (Å²) >= 11 is 0. The Morgan fingerprint density at radius 1 is 1.00 bits per heavy atom. The van der Waals surface area contributed by atoms with Gasteiger partial charge in [0.25, 0.3) is 5.91 Å². The Bertz CT molecular complexity index is 669. The van der Waals surface area contributed by atoms with Crippen molar-refractivity contribution >= 4 is 17.3 Å². The van der Waals surface area contributed by atoms with Gasteiger partial charge >= 0.3 is 0 Å². The number of benzene rings is 1. The second-order valence-electron chi connectivity index (χ2n) is 8.50. The van der Waals surface area contributed by atoms with Gasteiger partial charge in [0.1, 0.15) is 0 Å². The lowest BCUT2D eigenvalue weighted by atomic mass is 9.55. The van der Waals surface area contributed by atoms with Gasteiger partial charge in [-0.05, 0) is 87.7 Å². The summed E-state index contributed by atoms with van der Waals surface area (Å²) in [6.07, 6.45) is 6.61. The molecular formula is C21H29N3O. The van der Waals surface area contributed by atoms with Gasteiger partial charge in [0.2, 0.25) is 0 Å². The maximum absolute atomic E-state index is 12.3. The molecule has 0 heterocycles. The number of anilines is 1. The number of nitrogens with zero attached hydrogens (tertiary/aromatic N) is 1. The molecule has 4 bridgehead atoms. The van der Waals surface area contributed by atoms with E-state index >= 15 is 0 Å². The summed E-state index contributed by atoms with van der Waals surface area (Å²) in [5.74, 6) is 3.05. The van der Waals surface area contributed by atoms with E-state index in [1.807, 2.05) is 0 Å². The van der Waals surface area contributed by atoms with Crippen molar-refractivity contribution in [3.63, 3.8) is 0 Å². The van der Waals surface area contributed by atoms with E-state index < -0.39 is 0 Å². The minimum Gasteiger partial charge on any atom is -0.376 e. The quantitative estimate of drug-likeness (QED) is 0.816. The molecule has 134 valence electrons. The lowest BCUT2D eigenvalue weighted by molar-refractivity contribution is -0.119. The van der Waals surface area contributed by atoms with Crippen LogP contribution in [-0.4, -0.2) is 18.2 Å². The summed E-state index contributed by atoms with van der Waals surface area (Å²) in [6, 6.07) is 4.28. The van der Waals surface area contributed by atoms with Gasteiger partial charge < -0.3 is 5.32 Å². The molecule has 1 amide bonds. The maximum atomic E-state index is 12.3. The zero-order valence-corrected chi connectivity index (χ0v) is 15.6. The van der Waals surface area contributed by atoms with E-state index in [1.54, 1.807) is 0 Å². The zero-order chi connectivity index (χ0) is 17.6. The fourth-order valence-electron chi connectivity index (χ4n) is 5.64. The van der Waals surface area contributed by atoms with E-state index in [4.69, 9.17) is 0 Å². The van der Waals surface area contributed by atoms with E-state index in [0.717, 1.165) is 17.5 Å². The monoisotopic (exact) mass is 339 g/mol. The minimum absolute atomic E-state index is 0.0549. The second kappa shape index (κ2) is 6.47. The van der Waals surface area contributed by atoms with Crippen LogP contribution in [0, 0.1) is 44.4 Å². The smallest absolute Gasteiger partial charge is 0.259 e. The molecule has 1 aromatic carbocycles. The van der Waals surface area contributed by atoms with Crippen LogP contribution in [0.15, 0.2) is 17.2 Å².